The molecule has 0 spiro atoms. The van der Waals surface area contributed by atoms with Crippen molar-refractivity contribution in [1.29, 1.82) is 0 Å². The third-order valence-corrected chi connectivity index (χ3v) is 5.09. The van der Waals surface area contributed by atoms with Crippen molar-refractivity contribution in [2.45, 2.75) is 27.2 Å². The zero-order valence-electron chi connectivity index (χ0n) is 14.2. The van der Waals surface area contributed by atoms with Crippen LogP contribution in [0.5, 0.6) is 0 Å². The van der Waals surface area contributed by atoms with Crippen LogP contribution in [0.1, 0.15) is 25.2 Å². The molecule has 0 bridgehead atoms. The fraction of sp³-hybridized carbons (Fsp3) is 0.529. The highest BCUT2D eigenvalue weighted by Crippen LogP contribution is 2.27. The Morgan fingerprint density at radius 1 is 1.17 bits per heavy atom. The number of hydrogen-bond acceptors (Lipinski definition) is 6. The maximum Gasteiger partial charge on any atom is 0.207 e. The van der Waals surface area contributed by atoms with Crippen molar-refractivity contribution in [3.05, 3.63) is 29.6 Å². The Kier molecular flexibility index (Phi) is 5.13. The maximum absolute atomic E-state index is 4.48. The summed E-state index contributed by atoms with van der Waals surface area (Å²) >= 11 is 1.42. The van der Waals surface area contributed by atoms with Gasteiger partial charge >= 0.3 is 0 Å². The summed E-state index contributed by atoms with van der Waals surface area (Å²) in [5.41, 5.74) is 3.67. The second-order valence-corrected chi connectivity index (χ2v) is 6.67. The first-order valence-electron chi connectivity index (χ1n) is 8.37. The highest BCUT2D eigenvalue weighted by molar-refractivity contribution is 7.09. The van der Waals surface area contributed by atoms with Crippen LogP contribution in [0.25, 0.3) is 0 Å². The minimum absolute atomic E-state index is 0.870. The summed E-state index contributed by atoms with van der Waals surface area (Å²) in [4.78, 5) is 9.45. The van der Waals surface area contributed by atoms with E-state index in [-0.39, 0.29) is 0 Å². The van der Waals surface area contributed by atoms with Gasteiger partial charge in [0.25, 0.3) is 0 Å². The van der Waals surface area contributed by atoms with Gasteiger partial charge in [0.2, 0.25) is 5.13 Å². The summed E-state index contributed by atoms with van der Waals surface area (Å²) in [6.07, 6.45) is 0.875. The molecule has 1 saturated heterocycles. The van der Waals surface area contributed by atoms with Crippen LogP contribution < -0.4 is 10.2 Å². The Bertz CT molecular complexity index is 646. The van der Waals surface area contributed by atoms with E-state index in [1.54, 1.807) is 0 Å². The summed E-state index contributed by atoms with van der Waals surface area (Å²) in [5, 5.41) is 4.26. The molecule has 1 fully saturated rings. The highest BCUT2D eigenvalue weighted by atomic mass is 32.1. The van der Waals surface area contributed by atoms with Gasteiger partial charge in [0, 0.05) is 55.5 Å². The first kappa shape index (κ1) is 16.2. The Balaban J connectivity index is 1.68. The largest absolute Gasteiger partial charge is 0.369 e. The van der Waals surface area contributed by atoms with Gasteiger partial charge in [-0.05, 0) is 37.2 Å². The SMILES string of the molecule is CCc1nsc(Nc2ccc(N3CCN(CC)CC3)cc2C)n1. The Morgan fingerprint density at radius 3 is 2.57 bits per heavy atom. The molecule has 23 heavy (non-hydrogen) atoms. The first-order valence-corrected chi connectivity index (χ1v) is 9.14. The predicted octanol–water partition coefficient (Wildman–Crippen LogP) is 3.29. The number of nitrogens with zero attached hydrogens (tertiary/aromatic N) is 4. The fourth-order valence-electron chi connectivity index (χ4n) is 2.87. The highest BCUT2D eigenvalue weighted by Gasteiger charge is 2.16. The predicted molar refractivity (Wildman–Crippen MR) is 98.1 cm³/mol. The zero-order chi connectivity index (χ0) is 16.2. The Hall–Kier alpha value is -1.66. The summed E-state index contributed by atoms with van der Waals surface area (Å²) < 4.78 is 4.32. The van der Waals surface area contributed by atoms with Crippen LogP contribution in [0, 0.1) is 6.92 Å². The third-order valence-electron chi connectivity index (χ3n) is 4.42. The number of rotatable bonds is 5. The minimum Gasteiger partial charge on any atom is -0.369 e. The molecule has 0 aliphatic carbocycles. The summed E-state index contributed by atoms with van der Waals surface area (Å²) in [6, 6.07) is 6.63. The van der Waals surface area contributed by atoms with E-state index < -0.39 is 0 Å². The van der Waals surface area contributed by atoms with Crippen molar-refractivity contribution in [1.82, 2.24) is 14.3 Å². The molecule has 0 saturated carbocycles. The van der Waals surface area contributed by atoms with Crippen molar-refractivity contribution in [2.75, 3.05) is 42.9 Å². The number of piperazine rings is 1. The molecule has 1 aliphatic rings. The lowest BCUT2D eigenvalue weighted by Gasteiger charge is -2.35. The van der Waals surface area contributed by atoms with E-state index in [1.807, 2.05) is 0 Å². The van der Waals surface area contributed by atoms with E-state index in [0.717, 1.165) is 55.8 Å². The van der Waals surface area contributed by atoms with Gasteiger partial charge in [0.15, 0.2) is 0 Å². The maximum atomic E-state index is 4.48. The van der Waals surface area contributed by atoms with Crippen molar-refractivity contribution >= 4 is 28.0 Å². The summed E-state index contributed by atoms with van der Waals surface area (Å²) in [5.74, 6) is 0.903. The average Bonchev–Trinajstić information content (AvgIpc) is 3.04. The molecule has 0 atom stereocenters. The monoisotopic (exact) mass is 331 g/mol. The molecule has 1 N–H and O–H groups in total. The molecule has 1 aromatic heterocycles. The van der Waals surface area contributed by atoms with Crippen molar-refractivity contribution in [3.8, 4) is 0 Å². The van der Waals surface area contributed by atoms with Crippen LogP contribution in [-0.2, 0) is 6.42 Å². The van der Waals surface area contributed by atoms with E-state index in [2.05, 4.69) is 63.4 Å². The number of anilines is 3. The molecule has 5 nitrogen and oxygen atoms in total. The molecule has 3 rings (SSSR count). The lowest BCUT2D eigenvalue weighted by molar-refractivity contribution is 0.271. The topological polar surface area (TPSA) is 44.3 Å². The zero-order valence-corrected chi connectivity index (χ0v) is 15.0. The molecule has 0 amide bonds. The van der Waals surface area contributed by atoms with Gasteiger partial charge in [-0.1, -0.05) is 13.8 Å². The number of hydrogen-bond donors (Lipinski definition) is 1. The van der Waals surface area contributed by atoms with E-state index in [4.69, 9.17) is 0 Å². The van der Waals surface area contributed by atoms with Crippen LogP contribution >= 0.6 is 11.5 Å². The van der Waals surface area contributed by atoms with Gasteiger partial charge < -0.3 is 15.1 Å². The molecule has 0 unspecified atom stereocenters. The van der Waals surface area contributed by atoms with Gasteiger partial charge in [-0.25, -0.2) is 4.98 Å². The molecular formula is C17H25N5S. The van der Waals surface area contributed by atoms with Crippen molar-refractivity contribution < 1.29 is 0 Å². The second kappa shape index (κ2) is 7.27. The molecule has 2 heterocycles. The third kappa shape index (κ3) is 3.82. The van der Waals surface area contributed by atoms with Gasteiger partial charge in [0.05, 0.1) is 0 Å². The number of aryl methyl sites for hydroxylation is 2. The van der Waals surface area contributed by atoms with E-state index in [0.29, 0.717) is 0 Å². The van der Waals surface area contributed by atoms with Gasteiger partial charge in [0.1, 0.15) is 5.82 Å². The molecular weight excluding hydrogens is 306 g/mol. The molecule has 6 heteroatoms. The molecule has 1 aromatic carbocycles. The van der Waals surface area contributed by atoms with Crippen molar-refractivity contribution in [3.63, 3.8) is 0 Å². The standard InChI is InChI=1S/C17H25N5S/c1-4-16-19-17(23-20-16)18-15-7-6-14(12-13(15)3)22-10-8-21(5-2)9-11-22/h6-7,12H,4-5,8-11H2,1-3H3,(H,18,19,20). The summed E-state index contributed by atoms with van der Waals surface area (Å²) in [7, 11) is 0. The second-order valence-electron chi connectivity index (χ2n) is 5.91. The molecule has 124 valence electrons. The lowest BCUT2D eigenvalue weighted by Crippen LogP contribution is -2.46. The Labute approximate surface area is 142 Å². The van der Waals surface area contributed by atoms with Crippen LogP contribution in [0.4, 0.5) is 16.5 Å². The minimum atomic E-state index is 0.870. The van der Waals surface area contributed by atoms with E-state index in [9.17, 15) is 0 Å². The van der Waals surface area contributed by atoms with E-state index in [1.165, 1.54) is 22.8 Å². The first-order chi connectivity index (χ1) is 11.2. The molecule has 2 aromatic rings. The fourth-order valence-corrected chi connectivity index (χ4v) is 3.53. The van der Waals surface area contributed by atoms with Crippen LogP contribution in [0.2, 0.25) is 0 Å². The van der Waals surface area contributed by atoms with Crippen LogP contribution in [0.15, 0.2) is 18.2 Å². The van der Waals surface area contributed by atoms with Crippen molar-refractivity contribution in [2.24, 2.45) is 0 Å². The number of aromatic nitrogens is 2. The van der Waals surface area contributed by atoms with Crippen LogP contribution in [0.3, 0.4) is 0 Å². The average molecular weight is 331 g/mol. The number of likely N-dealkylation sites (N-methyl/N-ethyl adjacent to an activating group) is 1. The smallest absolute Gasteiger partial charge is 0.207 e. The normalized spacial score (nSPS) is 15.9. The molecule has 1 aliphatic heterocycles. The number of nitrogens with one attached hydrogen (secondary N) is 1. The lowest BCUT2D eigenvalue weighted by atomic mass is 10.1. The quantitative estimate of drug-likeness (QED) is 0.911. The van der Waals surface area contributed by atoms with Crippen LogP contribution in [-0.4, -0.2) is 47.0 Å². The van der Waals surface area contributed by atoms with Gasteiger partial charge in [-0.2, -0.15) is 4.37 Å². The Morgan fingerprint density at radius 2 is 1.96 bits per heavy atom. The van der Waals surface area contributed by atoms with Gasteiger partial charge in [-0.15, -0.1) is 0 Å². The molecule has 0 radical (unpaired) electrons. The van der Waals surface area contributed by atoms with E-state index >= 15 is 0 Å². The number of benzene rings is 1. The summed E-state index contributed by atoms with van der Waals surface area (Å²) in [6.45, 7) is 12.1. The van der Waals surface area contributed by atoms with Gasteiger partial charge in [-0.3, -0.25) is 0 Å².